The summed E-state index contributed by atoms with van der Waals surface area (Å²) in [5.74, 6) is 1.06. The molecule has 3 rings (SSSR count). The topological polar surface area (TPSA) is 32.3 Å². The first kappa shape index (κ1) is 14.6. The van der Waals surface area contributed by atoms with Crippen molar-refractivity contribution in [3.63, 3.8) is 0 Å². The number of aryl methyl sites for hydroxylation is 1. The van der Waals surface area contributed by atoms with E-state index in [1.165, 1.54) is 24.9 Å². The summed E-state index contributed by atoms with van der Waals surface area (Å²) in [6, 6.07) is 9.00. The maximum absolute atomic E-state index is 12.4. The van der Waals surface area contributed by atoms with Crippen LogP contribution in [0.15, 0.2) is 24.3 Å². The summed E-state index contributed by atoms with van der Waals surface area (Å²) in [5, 5.41) is 3.61. The van der Waals surface area contributed by atoms with Gasteiger partial charge < -0.3 is 10.2 Å². The molecule has 1 N–H and O–H groups in total. The summed E-state index contributed by atoms with van der Waals surface area (Å²) in [6.45, 7) is 5.13. The van der Waals surface area contributed by atoms with Crippen molar-refractivity contribution in [2.45, 2.75) is 45.1 Å². The fourth-order valence-electron chi connectivity index (χ4n) is 3.77. The number of amides is 1. The Labute approximate surface area is 127 Å². The lowest BCUT2D eigenvalue weighted by Crippen LogP contribution is -2.43. The molecule has 2 fully saturated rings. The minimum atomic E-state index is 0.290. The average molecular weight is 286 g/mol. The minimum absolute atomic E-state index is 0.290. The summed E-state index contributed by atoms with van der Waals surface area (Å²) >= 11 is 0. The molecule has 2 aliphatic rings. The van der Waals surface area contributed by atoms with Crippen LogP contribution < -0.4 is 5.32 Å². The number of carbonyl (C=O) groups excluding carboxylic acids is 1. The molecule has 3 nitrogen and oxygen atoms in total. The molecule has 2 aliphatic heterocycles. The van der Waals surface area contributed by atoms with Gasteiger partial charge in [-0.15, -0.1) is 0 Å². The standard InChI is InChI=1S/C18H26N2O/c1-14-4-2-5-15(12-14)13-18(21)20-10-7-16(8-11-20)17-6-3-9-19-17/h2,4-5,12,16-17,19H,3,6-11,13H2,1H3. The Bertz CT molecular complexity index is 486. The van der Waals surface area contributed by atoms with E-state index in [1.54, 1.807) is 0 Å². The second-order valence-electron chi connectivity index (χ2n) is 6.59. The highest BCUT2D eigenvalue weighted by atomic mass is 16.2. The lowest BCUT2D eigenvalue weighted by Gasteiger charge is -2.35. The Morgan fingerprint density at radius 2 is 2.10 bits per heavy atom. The largest absolute Gasteiger partial charge is 0.342 e. The molecular formula is C18H26N2O. The summed E-state index contributed by atoms with van der Waals surface area (Å²) in [5.41, 5.74) is 2.37. The van der Waals surface area contributed by atoms with Gasteiger partial charge in [-0.1, -0.05) is 29.8 Å². The van der Waals surface area contributed by atoms with Crippen molar-refractivity contribution in [3.05, 3.63) is 35.4 Å². The zero-order valence-corrected chi connectivity index (χ0v) is 13.0. The Balaban J connectivity index is 1.50. The van der Waals surface area contributed by atoms with Crippen LogP contribution in [0.5, 0.6) is 0 Å². The molecular weight excluding hydrogens is 260 g/mol. The number of hydrogen-bond acceptors (Lipinski definition) is 2. The Kier molecular flexibility index (Phi) is 4.59. The second-order valence-corrected chi connectivity index (χ2v) is 6.59. The van der Waals surface area contributed by atoms with Crippen LogP contribution in [0.4, 0.5) is 0 Å². The molecule has 1 aromatic rings. The van der Waals surface area contributed by atoms with E-state index in [9.17, 15) is 4.79 Å². The van der Waals surface area contributed by atoms with E-state index in [1.807, 2.05) is 6.07 Å². The monoisotopic (exact) mass is 286 g/mol. The van der Waals surface area contributed by atoms with Gasteiger partial charge >= 0.3 is 0 Å². The molecule has 0 spiro atoms. The van der Waals surface area contributed by atoms with Crippen LogP contribution in [0, 0.1) is 12.8 Å². The number of piperidine rings is 1. The Hall–Kier alpha value is -1.35. The SMILES string of the molecule is Cc1cccc(CC(=O)N2CCC(C3CCCN3)CC2)c1. The summed E-state index contributed by atoms with van der Waals surface area (Å²) in [6.07, 6.45) is 5.52. The van der Waals surface area contributed by atoms with Gasteiger partial charge in [0.2, 0.25) is 5.91 Å². The normalized spacial score (nSPS) is 23.5. The molecule has 1 atom stereocenters. The Morgan fingerprint density at radius 1 is 1.29 bits per heavy atom. The summed E-state index contributed by atoms with van der Waals surface area (Å²) in [7, 11) is 0. The molecule has 21 heavy (non-hydrogen) atoms. The maximum atomic E-state index is 12.4. The van der Waals surface area contributed by atoms with Gasteiger partial charge in [-0.3, -0.25) is 4.79 Å². The van der Waals surface area contributed by atoms with E-state index >= 15 is 0 Å². The number of nitrogens with one attached hydrogen (secondary N) is 1. The van der Waals surface area contributed by atoms with Gasteiger partial charge in [0.05, 0.1) is 6.42 Å². The number of hydrogen-bond donors (Lipinski definition) is 1. The number of rotatable bonds is 3. The van der Waals surface area contributed by atoms with Crippen molar-refractivity contribution in [2.75, 3.05) is 19.6 Å². The van der Waals surface area contributed by atoms with Crippen molar-refractivity contribution in [1.82, 2.24) is 10.2 Å². The van der Waals surface area contributed by atoms with Crippen LogP contribution in [0.25, 0.3) is 0 Å². The molecule has 2 heterocycles. The first-order chi connectivity index (χ1) is 10.2. The molecule has 0 aliphatic carbocycles. The molecule has 0 bridgehead atoms. The van der Waals surface area contributed by atoms with E-state index in [0.29, 0.717) is 18.4 Å². The molecule has 3 heteroatoms. The third-order valence-corrected chi connectivity index (χ3v) is 5.00. The molecule has 1 unspecified atom stereocenters. The molecule has 2 saturated heterocycles. The molecule has 0 radical (unpaired) electrons. The van der Waals surface area contributed by atoms with Gasteiger partial charge in [0.15, 0.2) is 0 Å². The quantitative estimate of drug-likeness (QED) is 0.926. The highest BCUT2D eigenvalue weighted by Gasteiger charge is 2.29. The van der Waals surface area contributed by atoms with Crippen molar-refractivity contribution < 1.29 is 4.79 Å². The average Bonchev–Trinajstić information content (AvgIpc) is 3.01. The van der Waals surface area contributed by atoms with Crippen molar-refractivity contribution >= 4 is 5.91 Å². The third kappa shape index (κ3) is 3.65. The van der Waals surface area contributed by atoms with Crippen LogP contribution >= 0.6 is 0 Å². The van der Waals surface area contributed by atoms with Crippen LogP contribution in [-0.2, 0) is 11.2 Å². The zero-order valence-electron chi connectivity index (χ0n) is 13.0. The highest BCUT2D eigenvalue weighted by Crippen LogP contribution is 2.25. The molecule has 114 valence electrons. The van der Waals surface area contributed by atoms with Gasteiger partial charge in [-0.2, -0.15) is 0 Å². The zero-order chi connectivity index (χ0) is 14.7. The van der Waals surface area contributed by atoms with E-state index in [0.717, 1.165) is 37.4 Å². The number of benzene rings is 1. The number of carbonyl (C=O) groups is 1. The predicted octanol–water partition coefficient (Wildman–Crippen LogP) is 2.53. The van der Waals surface area contributed by atoms with Crippen LogP contribution in [0.1, 0.15) is 36.8 Å². The second kappa shape index (κ2) is 6.61. The molecule has 1 aromatic carbocycles. The lowest BCUT2D eigenvalue weighted by atomic mass is 9.88. The van der Waals surface area contributed by atoms with Crippen LogP contribution in [0.3, 0.4) is 0 Å². The maximum Gasteiger partial charge on any atom is 0.226 e. The van der Waals surface area contributed by atoms with E-state index in [-0.39, 0.29) is 0 Å². The van der Waals surface area contributed by atoms with Crippen LogP contribution in [0.2, 0.25) is 0 Å². The fourth-order valence-corrected chi connectivity index (χ4v) is 3.77. The number of likely N-dealkylation sites (tertiary alicyclic amines) is 1. The predicted molar refractivity (Wildman–Crippen MR) is 85.2 cm³/mol. The van der Waals surface area contributed by atoms with E-state index in [2.05, 4.69) is 35.3 Å². The first-order valence-corrected chi connectivity index (χ1v) is 8.29. The van der Waals surface area contributed by atoms with Gasteiger partial charge in [0, 0.05) is 19.1 Å². The van der Waals surface area contributed by atoms with E-state index < -0.39 is 0 Å². The van der Waals surface area contributed by atoms with Gasteiger partial charge in [0.25, 0.3) is 0 Å². The molecule has 0 aromatic heterocycles. The van der Waals surface area contributed by atoms with E-state index in [4.69, 9.17) is 0 Å². The third-order valence-electron chi connectivity index (χ3n) is 5.00. The van der Waals surface area contributed by atoms with Gasteiger partial charge in [-0.25, -0.2) is 0 Å². The smallest absolute Gasteiger partial charge is 0.226 e. The fraction of sp³-hybridized carbons (Fsp3) is 0.611. The Morgan fingerprint density at radius 3 is 2.76 bits per heavy atom. The highest BCUT2D eigenvalue weighted by molar-refractivity contribution is 5.78. The summed E-state index contributed by atoms with van der Waals surface area (Å²) < 4.78 is 0. The van der Waals surface area contributed by atoms with Crippen LogP contribution in [-0.4, -0.2) is 36.5 Å². The van der Waals surface area contributed by atoms with Crippen molar-refractivity contribution in [3.8, 4) is 0 Å². The van der Waals surface area contributed by atoms with Gasteiger partial charge in [0.1, 0.15) is 0 Å². The van der Waals surface area contributed by atoms with Crippen molar-refractivity contribution in [1.29, 1.82) is 0 Å². The number of nitrogens with zero attached hydrogens (tertiary/aromatic N) is 1. The molecule has 0 saturated carbocycles. The lowest BCUT2D eigenvalue weighted by molar-refractivity contribution is -0.132. The summed E-state index contributed by atoms with van der Waals surface area (Å²) in [4.78, 5) is 14.5. The molecule has 1 amide bonds. The minimum Gasteiger partial charge on any atom is -0.342 e. The van der Waals surface area contributed by atoms with Crippen molar-refractivity contribution in [2.24, 2.45) is 5.92 Å². The van der Waals surface area contributed by atoms with Gasteiger partial charge in [-0.05, 0) is 50.6 Å². The first-order valence-electron chi connectivity index (χ1n) is 8.29.